The molecule has 126 valence electrons. The molecule has 1 amide bonds. The van der Waals surface area contributed by atoms with Crippen LogP contribution in [-0.2, 0) is 11.2 Å². The summed E-state index contributed by atoms with van der Waals surface area (Å²) in [5.41, 5.74) is 2.94. The maximum atomic E-state index is 11.7. The molecule has 0 atom stereocenters. The lowest BCUT2D eigenvalue weighted by atomic mass is 10.2. The second-order valence-corrected chi connectivity index (χ2v) is 5.64. The van der Waals surface area contributed by atoms with Crippen molar-refractivity contribution >= 4 is 29.1 Å². The van der Waals surface area contributed by atoms with Crippen LogP contribution in [0.3, 0.4) is 0 Å². The zero-order chi connectivity index (χ0) is 17.7. The Morgan fingerprint density at radius 2 is 2.33 bits per heavy atom. The molecule has 0 spiro atoms. The molecule has 1 aromatic carbocycles. The number of aromatic hydroxyl groups is 1. The van der Waals surface area contributed by atoms with E-state index in [-0.39, 0.29) is 18.1 Å². The molecule has 0 unspecified atom stereocenters. The number of nitro groups is 1. The summed E-state index contributed by atoms with van der Waals surface area (Å²) >= 11 is 1.38. The van der Waals surface area contributed by atoms with Crippen LogP contribution in [0.1, 0.15) is 16.3 Å². The van der Waals surface area contributed by atoms with E-state index in [0.717, 1.165) is 11.8 Å². The molecule has 24 heavy (non-hydrogen) atoms. The van der Waals surface area contributed by atoms with Crippen molar-refractivity contribution < 1.29 is 19.6 Å². The van der Waals surface area contributed by atoms with Crippen molar-refractivity contribution in [3.05, 3.63) is 43.9 Å². The number of nitro benzene ring substituents is 1. The smallest absolute Gasteiger partial charge is 0.315 e. The summed E-state index contributed by atoms with van der Waals surface area (Å²) in [4.78, 5) is 26.1. The van der Waals surface area contributed by atoms with Gasteiger partial charge in [-0.1, -0.05) is 0 Å². The van der Waals surface area contributed by atoms with Gasteiger partial charge in [-0.3, -0.25) is 14.9 Å². The number of aryl methyl sites for hydroxylation is 1. The maximum Gasteiger partial charge on any atom is 0.315 e. The number of phenolic OH excluding ortho intramolecular Hbond substituents is 1. The number of nitrogens with zero attached hydrogens (tertiary/aromatic N) is 3. The van der Waals surface area contributed by atoms with Crippen LogP contribution >= 0.6 is 11.3 Å². The van der Waals surface area contributed by atoms with Crippen LogP contribution in [-0.4, -0.2) is 34.2 Å². The molecular weight excluding hydrogens is 336 g/mol. The number of hydrogen-bond donors (Lipinski definition) is 2. The van der Waals surface area contributed by atoms with Gasteiger partial charge in [0, 0.05) is 22.7 Å². The number of phenols is 1. The second kappa shape index (κ2) is 7.51. The fourth-order valence-electron chi connectivity index (χ4n) is 1.82. The fourth-order valence-corrected chi connectivity index (χ4v) is 2.59. The lowest BCUT2D eigenvalue weighted by molar-refractivity contribution is -0.386. The molecule has 0 aliphatic carbocycles. The summed E-state index contributed by atoms with van der Waals surface area (Å²) in [6.07, 6.45) is 1.31. The Hall–Kier alpha value is -3.01. The summed E-state index contributed by atoms with van der Waals surface area (Å²) < 4.78 is 4.87. The average molecular weight is 350 g/mol. The first-order valence-electron chi connectivity index (χ1n) is 6.69. The van der Waals surface area contributed by atoms with Crippen LogP contribution in [0, 0.1) is 17.0 Å². The maximum absolute atomic E-state index is 11.7. The molecule has 10 heteroatoms. The number of aromatic nitrogens is 1. The first-order valence-corrected chi connectivity index (χ1v) is 7.57. The molecule has 0 radical (unpaired) electrons. The summed E-state index contributed by atoms with van der Waals surface area (Å²) in [6.45, 7) is 1.83. The van der Waals surface area contributed by atoms with E-state index in [0.29, 0.717) is 10.6 Å². The largest absolute Gasteiger partial charge is 0.500 e. The highest BCUT2D eigenvalue weighted by Crippen LogP contribution is 2.36. The minimum atomic E-state index is -0.738. The molecule has 0 fully saturated rings. The second-order valence-electron chi connectivity index (χ2n) is 4.70. The van der Waals surface area contributed by atoms with Crippen molar-refractivity contribution in [1.29, 1.82) is 0 Å². The highest BCUT2D eigenvalue weighted by atomic mass is 32.1. The van der Waals surface area contributed by atoms with Gasteiger partial charge >= 0.3 is 5.69 Å². The van der Waals surface area contributed by atoms with Gasteiger partial charge < -0.3 is 9.84 Å². The predicted molar refractivity (Wildman–Crippen MR) is 87.6 cm³/mol. The van der Waals surface area contributed by atoms with Crippen LogP contribution in [0.25, 0.3) is 0 Å². The van der Waals surface area contributed by atoms with E-state index in [9.17, 15) is 20.0 Å². The van der Waals surface area contributed by atoms with Crippen LogP contribution in [0.5, 0.6) is 11.5 Å². The topological polar surface area (TPSA) is 127 Å². The van der Waals surface area contributed by atoms with Crippen molar-refractivity contribution in [1.82, 2.24) is 10.4 Å². The summed E-state index contributed by atoms with van der Waals surface area (Å²) in [5, 5.41) is 26.8. The van der Waals surface area contributed by atoms with Crippen molar-refractivity contribution in [3.8, 4) is 11.5 Å². The van der Waals surface area contributed by atoms with E-state index >= 15 is 0 Å². The Morgan fingerprint density at radius 1 is 1.58 bits per heavy atom. The van der Waals surface area contributed by atoms with Gasteiger partial charge in [-0.2, -0.15) is 5.10 Å². The minimum Gasteiger partial charge on any atom is -0.500 e. The number of hydrazone groups is 1. The van der Waals surface area contributed by atoms with Crippen LogP contribution in [0.2, 0.25) is 0 Å². The van der Waals surface area contributed by atoms with E-state index in [1.54, 1.807) is 0 Å². The summed E-state index contributed by atoms with van der Waals surface area (Å²) in [5.74, 6) is -0.987. The highest BCUT2D eigenvalue weighted by molar-refractivity contribution is 7.09. The minimum absolute atomic E-state index is 0.0600. The van der Waals surface area contributed by atoms with E-state index in [4.69, 9.17) is 4.74 Å². The van der Waals surface area contributed by atoms with Crippen molar-refractivity contribution in [3.63, 3.8) is 0 Å². The molecule has 1 heterocycles. The average Bonchev–Trinajstić information content (AvgIpc) is 2.93. The molecule has 0 saturated carbocycles. The fraction of sp³-hybridized carbons (Fsp3) is 0.214. The van der Waals surface area contributed by atoms with Gasteiger partial charge in [0.05, 0.1) is 24.7 Å². The number of amides is 1. The molecule has 2 N–H and O–H groups in total. The first kappa shape index (κ1) is 17.3. The molecule has 0 aliphatic rings. The van der Waals surface area contributed by atoms with Gasteiger partial charge in [-0.05, 0) is 13.0 Å². The number of methoxy groups -OCH3 is 1. The third kappa shape index (κ3) is 4.26. The number of ether oxygens (including phenoxy) is 1. The molecule has 0 bridgehead atoms. The number of nitrogens with one attached hydrogen (secondary N) is 1. The van der Waals surface area contributed by atoms with Crippen molar-refractivity contribution in [2.45, 2.75) is 13.3 Å². The monoisotopic (exact) mass is 350 g/mol. The molecule has 0 saturated heterocycles. The normalized spacial score (nSPS) is 10.8. The quantitative estimate of drug-likeness (QED) is 0.464. The molecule has 2 aromatic rings. The Morgan fingerprint density at radius 3 is 2.92 bits per heavy atom. The number of hydrogen-bond acceptors (Lipinski definition) is 8. The SMILES string of the molecule is COc1cc(/C=N/NC(=O)Cc2nc(C)cs2)cc([N+](=O)[O-])c1O. The van der Waals surface area contributed by atoms with Gasteiger partial charge in [-0.15, -0.1) is 11.3 Å². The lowest BCUT2D eigenvalue weighted by Gasteiger charge is -2.05. The predicted octanol–water partition coefficient (Wildman–Crippen LogP) is 1.77. The number of thiazole rings is 1. The molecule has 1 aromatic heterocycles. The van der Waals surface area contributed by atoms with E-state index in [2.05, 4.69) is 15.5 Å². The summed E-state index contributed by atoms with van der Waals surface area (Å²) in [7, 11) is 1.28. The first-order chi connectivity index (χ1) is 11.4. The van der Waals surface area contributed by atoms with Gasteiger partial charge in [0.2, 0.25) is 11.7 Å². The third-order valence-corrected chi connectivity index (χ3v) is 3.84. The number of benzene rings is 1. The van der Waals surface area contributed by atoms with Crippen molar-refractivity contribution in [2.75, 3.05) is 7.11 Å². The zero-order valence-corrected chi connectivity index (χ0v) is 13.7. The Labute approximate surface area is 140 Å². The van der Waals surface area contributed by atoms with Gasteiger partial charge in [-0.25, -0.2) is 10.4 Å². The number of carbonyl (C=O) groups is 1. The standard InChI is InChI=1S/C14H14N4O5S/c1-8-7-24-13(16-8)5-12(19)17-15-6-9-3-10(18(21)22)14(20)11(4-9)23-2/h3-4,6-7,20H,5H2,1-2H3,(H,17,19)/b15-6+. The van der Waals surface area contributed by atoms with Gasteiger partial charge in [0.25, 0.3) is 0 Å². The molecule has 2 rings (SSSR count). The lowest BCUT2D eigenvalue weighted by Crippen LogP contribution is -2.19. The van der Waals surface area contributed by atoms with Crippen LogP contribution < -0.4 is 10.2 Å². The number of rotatable bonds is 6. The Bertz CT molecular complexity index is 802. The highest BCUT2D eigenvalue weighted by Gasteiger charge is 2.19. The van der Waals surface area contributed by atoms with Crippen LogP contribution in [0.4, 0.5) is 5.69 Å². The molecule has 9 nitrogen and oxygen atoms in total. The summed E-state index contributed by atoms with van der Waals surface area (Å²) in [6, 6.07) is 2.49. The van der Waals surface area contributed by atoms with Gasteiger partial charge in [0.1, 0.15) is 5.01 Å². The van der Waals surface area contributed by atoms with Gasteiger partial charge in [0.15, 0.2) is 5.75 Å². The van der Waals surface area contributed by atoms with Crippen molar-refractivity contribution in [2.24, 2.45) is 5.10 Å². The van der Waals surface area contributed by atoms with E-state index < -0.39 is 16.4 Å². The number of carbonyl (C=O) groups excluding carboxylic acids is 1. The third-order valence-electron chi connectivity index (χ3n) is 2.87. The molecule has 0 aliphatic heterocycles. The van der Waals surface area contributed by atoms with E-state index in [1.807, 2.05) is 12.3 Å². The Balaban J connectivity index is 2.07. The van der Waals surface area contributed by atoms with E-state index in [1.165, 1.54) is 30.7 Å². The zero-order valence-electron chi connectivity index (χ0n) is 12.8. The van der Waals surface area contributed by atoms with Crippen LogP contribution in [0.15, 0.2) is 22.6 Å². The Kier molecular flexibility index (Phi) is 5.42. The molecular formula is C14H14N4O5S.